The maximum atomic E-state index is 5.41. The van der Waals surface area contributed by atoms with Gasteiger partial charge in [-0.25, -0.2) is 0 Å². The van der Waals surface area contributed by atoms with Crippen LogP contribution in [0.2, 0.25) is 0 Å². The van der Waals surface area contributed by atoms with Crippen LogP contribution >= 0.6 is 28.1 Å². The number of hydrogen-bond donors (Lipinski definition) is 2. The number of nitrogens with one attached hydrogen (secondary N) is 2. The second kappa shape index (κ2) is 7.24. The second-order valence-corrected chi connectivity index (χ2v) is 4.33. The van der Waals surface area contributed by atoms with Gasteiger partial charge in [-0.3, -0.25) is 5.43 Å². The maximum absolute atomic E-state index is 5.41. The van der Waals surface area contributed by atoms with E-state index in [1.165, 1.54) is 0 Å². The van der Waals surface area contributed by atoms with Crippen LogP contribution in [-0.2, 0) is 0 Å². The molecule has 1 aromatic carbocycles. The Kier molecular flexibility index (Phi) is 5.93. The minimum atomic E-state index is 0.478. The van der Waals surface area contributed by atoms with Crippen LogP contribution in [0.3, 0.4) is 0 Å². The third kappa shape index (κ3) is 4.70. The number of benzene rings is 1. The van der Waals surface area contributed by atoms with Gasteiger partial charge in [0, 0.05) is 7.05 Å². The molecule has 0 aliphatic heterocycles. The molecule has 4 nitrogen and oxygen atoms in total. The summed E-state index contributed by atoms with van der Waals surface area (Å²) in [6.45, 7) is 2.59. The molecule has 0 heterocycles. The predicted octanol–water partition coefficient (Wildman–Crippen LogP) is 2.28. The normalized spacial score (nSPS) is 10.3. The van der Waals surface area contributed by atoms with Crippen LogP contribution < -0.4 is 15.5 Å². The van der Waals surface area contributed by atoms with Gasteiger partial charge in [0.05, 0.1) is 17.3 Å². The van der Waals surface area contributed by atoms with E-state index in [2.05, 4.69) is 31.8 Å². The van der Waals surface area contributed by atoms with Gasteiger partial charge in [-0.05, 0) is 58.8 Å². The third-order valence-electron chi connectivity index (χ3n) is 1.86. The molecule has 2 N–H and O–H groups in total. The topological polar surface area (TPSA) is 45.6 Å². The van der Waals surface area contributed by atoms with Crippen molar-refractivity contribution < 1.29 is 4.74 Å². The molecule has 0 aliphatic carbocycles. The Balaban J connectivity index is 2.67. The van der Waals surface area contributed by atoms with Gasteiger partial charge in [-0.15, -0.1) is 0 Å². The summed E-state index contributed by atoms with van der Waals surface area (Å²) in [6.07, 6.45) is 1.68. The van der Waals surface area contributed by atoms with Crippen LogP contribution in [0.25, 0.3) is 0 Å². The fourth-order valence-electron chi connectivity index (χ4n) is 1.09. The van der Waals surface area contributed by atoms with Crippen LogP contribution in [0.1, 0.15) is 12.5 Å². The number of nitrogens with zero attached hydrogens (tertiary/aromatic N) is 1. The SMILES string of the molecule is CCOc1ccc(/C=N/NC(=S)NC)cc1Br. The summed E-state index contributed by atoms with van der Waals surface area (Å²) < 4.78 is 6.32. The summed E-state index contributed by atoms with van der Waals surface area (Å²) in [6, 6.07) is 5.74. The first-order valence-electron chi connectivity index (χ1n) is 5.10. The number of halogens is 1. The maximum Gasteiger partial charge on any atom is 0.186 e. The van der Waals surface area contributed by atoms with Gasteiger partial charge in [-0.2, -0.15) is 5.10 Å². The zero-order valence-electron chi connectivity index (χ0n) is 9.66. The van der Waals surface area contributed by atoms with Crippen molar-refractivity contribution in [1.29, 1.82) is 0 Å². The Morgan fingerprint density at radius 2 is 2.35 bits per heavy atom. The highest BCUT2D eigenvalue weighted by atomic mass is 79.9. The monoisotopic (exact) mass is 315 g/mol. The van der Waals surface area contributed by atoms with Crippen LogP contribution in [0.15, 0.2) is 27.8 Å². The molecule has 1 rings (SSSR count). The first-order valence-corrected chi connectivity index (χ1v) is 6.30. The smallest absolute Gasteiger partial charge is 0.186 e. The summed E-state index contributed by atoms with van der Waals surface area (Å²) in [7, 11) is 1.73. The summed E-state index contributed by atoms with van der Waals surface area (Å²) in [5.74, 6) is 0.823. The van der Waals surface area contributed by atoms with Crippen LogP contribution in [0.4, 0.5) is 0 Å². The molecule has 0 bridgehead atoms. The summed E-state index contributed by atoms with van der Waals surface area (Å²) in [5.41, 5.74) is 3.63. The lowest BCUT2D eigenvalue weighted by molar-refractivity contribution is 0.338. The van der Waals surface area contributed by atoms with Crippen LogP contribution in [0.5, 0.6) is 5.75 Å². The second-order valence-electron chi connectivity index (χ2n) is 3.07. The molecule has 0 aliphatic rings. The molecule has 6 heteroatoms. The van der Waals surface area contributed by atoms with Gasteiger partial charge >= 0.3 is 0 Å². The van der Waals surface area contributed by atoms with E-state index in [1.807, 2.05) is 25.1 Å². The minimum Gasteiger partial charge on any atom is -0.493 e. The van der Waals surface area contributed by atoms with Crippen LogP contribution in [-0.4, -0.2) is 25.0 Å². The lowest BCUT2D eigenvalue weighted by Crippen LogP contribution is -2.28. The van der Waals surface area contributed by atoms with E-state index >= 15 is 0 Å². The number of hydrazone groups is 1. The van der Waals surface area contributed by atoms with Gasteiger partial charge in [0.2, 0.25) is 0 Å². The average Bonchev–Trinajstić information content (AvgIpc) is 2.32. The zero-order chi connectivity index (χ0) is 12.7. The number of thiocarbonyl (C=S) groups is 1. The summed E-state index contributed by atoms with van der Waals surface area (Å²) >= 11 is 8.32. The Bertz CT molecular complexity index is 423. The largest absolute Gasteiger partial charge is 0.493 e. The standard InChI is InChI=1S/C11H14BrN3OS/c1-3-16-10-5-4-8(6-9(10)12)7-14-15-11(17)13-2/h4-7H,3H2,1-2H3,(H2,13,15,17)/b14-7+. The predicted molar refractivity (Wildman–Crippen MR) is 77.7 cm³/mol. The van der Waals surface area contributed by atoms with Gasteiger partial charge in [0.25, 0.3) is 0 Å². The molecule has 1 aromatic rings. The molecule has 0 saturated carbocycles. The molecule has 0 spiro atoms. The number of rotatable bonds is 4. The highest BCUT2D eigenvalue weighted by molar-refractivity contribution is 9.10. The van der Waals surface area contributed by atoms with E-state index in [0.717, 1.165) is 15.8 Å². The van der Waals surface area contributed by atoms with Gasteiger partial charge < -0.3 is 10.1 Å². The molecule has 0 fully saturated rings. The molecule has 17 heavy (non-hydrogen) atoms. The quantitative estimate of drug-likeness (QED) is 0.508. The fourth-order valence-corrected chi connectivity index (χ4v) is 1.65. The van der Waals surface area contributed by atoms with Crippen molar-refractivity contribution >= 4 is 39.5 Å². The van der Waals surface area contributed by atoms with Crippen LogP contribution in [0, 0.1) is 0 Å². The molecular weight excluding hydrogens is 302 g/mol. The number of hydrogen-bond acceptors (Lipinski definition) is 3. The van der Waals surface area contributed by atoms with Crippen molar-refractivity contribution in [1.82, 2.24) is 10.7 Å². The van der Waals surface area contributed by atoms with E-state index in [-0.39, 0.29) is 0 Å². The lowest BCUT2D eigenvalue weighted by atomic mass is 10.2. The van der Waals surface area contributed by atoms with Crippen molar-refractivity contribution in [2.75, 3.05) is 13.7 Å². The summed E-state index contributed by atoms with van der Waals surface area (Å²) in [4.78, 5) is 0. The fraction of sp³-hybridized carbons (Fsp3) is 0.273. The molecule has 0 unspecified atom stereocenters. The number of ether oxygens (including phenoxy) is 1. The Morgan fingerprint density at radius 3 is 2.94 bits per heavy atom. The first-order chi connectivity index (χ1) is 8.17. The van der Waals surface area contributed by atoms with Crippen molar-refractivity contribution in [3.63, 3.8) is 0 Å². The van der Waals surface area contributed by atoms with Crippen molar-refractivity contribution in [2.45, 2.75) is 6.92 Å². The molecular formula is C11H14BrN3OS. The van der Waals surface area contributed by atoms with E-state index in [0.29, 0.717) is 11.7 Å². The van der Waals surface area contributed by atoms with Crippen molar-refractivity contribution in [2.24, 2.45) is 5.10 Å². The van der Waals surface area contributed by atoms with E-state index in [9.17, 15) is 0 Å². The minimum absolute atomic E-state index is 0.478. The van der Waals surface area contributed by atoms with Crippen molar-refractivity contribution in [3.05, 3.63) is 28.2 Å². The van der Waals surface area contributed by atoms with E-state index < -0.39 is 0 Å². The highest BCUT2D eigenvalue weighted by Gasteiger charge is 2.00. The average molecular weight is 316 g/mol. The Morgan fingerprint density at radius 1 is 1.59 bits per heavy atom. The zero-order valence-corrected chi connectivity index (χ0v) is 12.1. The molecule has 92 valence electrons. The highest BCUT2D eigenvalue weighted by Crippen LogP contribution is 2.25. The Labute approximate surface area is 115 Å². The Hall–Kier alpha value is -1.14. The molecule has 0 atom stereocenters. The lowest BCUT2D eigenvalue weighted by Gasteiger charge is -2.06. The van der Waals surface area contributed by atoms with Gasteiger partial charge in [-0.1, -0.05) is 0 Å². The van der Waals surface area contributed by atoms with Gasteiger partial charge in [0.1, 0.15) is 5.75 Å². The van der Waals surface area contributed by atoms with Crippen molar-refractivity contribution in [3.8, 4) is 5.75 Å². The van der Waals surface area contributed by atoms with E-state index in [4.69, 9.17) is 17.0 Å². The molecule has 0 saturated heterocycles. The van der Waals surface area contributed by atoms with E-state index in [1.54, 1.807) is 13.3 Å². The first kappa shape index (κ1) is 13.9. The third-order valence-corrected chi connectivity index (χ3v) is 2.78. The van der Waals surface area contributed by atoms with Gasteiger partial charge in [0.15, 0.2) is 5.11 Å². The summed E-state index contributed by atoms with van der Waals surface area (Å²) in [5, 5.41) is 7.23. The molecule has 0 aromatic heterocycles. The molecule has 0 amide bonds. The molecule has 0 radical (unpaired) electrons.